The predicted molar refractivity (Wildman–Crippen MR) is 98.1 cm³/mol. The van der Waals surface area contributed by atoms with E-state index in [2.05, 4.69) is 0 Å². The lowest BCUT2D eigenvalue weighted by Gasteiger charge is -2.51. The first-order valence-electron chi connectivity index (χ1n) is 8.61. The first kappa shape index (κ1) is 24.8. The van der Waals surface area contributed by atoms with E-state index in [1.807, 2.05) is 0 Å². The van der Waals surface area contributed by atoms with E-state index >= 15 is 0 Å². The summed E-state index contributed by atoms with van der Waals surface area (Å²) in [6.07, 6.45) is 0.217. The van der Waals surface area contributed by atoms with Crippen LogP contribution in [-0.4, -0.2) is 66.7 Å². The Bertz CT molecular complexity index is 727. The molecule has 1 rings (SSSR count). The molecule has 1 aliphatic rings. The van der Waals surface area contributed by atoms with E-state index in [1.54, 1.807) is 27.7 Å². The van der Waals surface area contributed by atoms with Crippen molar-refractivity contribution in [2.24, 2.45) is 10.8 Å². The highest BCUT2D eigenvalue weighted by molar-refractivity contribution is 7.86. The molecule has 0 aromatic carbocycles. The van der Waals surface area contributed by atoms with Gasteiger partial charge in [-0.1, -0.05) is 0 Å². The quantitative estimate of drug-likeness (QED) is 0.267. The van der Waals surface area contributed by atoms with Crippen molar-refractivity contribution < 1.29 is 44.3 Å². The molecule has 1 saturated carbocycles. The molecular weight excluding hydrogens is 416 g/mol. The molecule has 0 unspecified atom stereocenters. The van der Waals surface area contributed by atoms with E-state index in [-0.39, 0.29) is 12.8 Å². The van der Waals surface area contributed by atoms with E-state index in [4.69, 9.17) is 17.8 Å². The van der Waals surface area contributed by atoms with Crippen molar-refractivity contribution in [3.8, 4) is 0 Å². The van der Waals surface area contributed by atoms with Gasteiger partial charge in [-0.25, -0.2) is 0 Å². The topological polar surface area (TPSA) is 139 Å². The second-order valence-electron chi connectivity index (χ2n) is 7.78. The van der Waals surface area contributed by atoms with Gasteiger partial charge < -0.3 is 9.47 Å². The molecule has 1 aliphatic carbocycles. The molecule has 0 spiro atoms. The number of ether oxygens (including phenoxy) is 2. The minimum absolute atomic E-state index is 0.234. The fourth-order valence-corrected chi connectivity index (χ4v) is 3.89. The van der Waals surface area contributed by atoms with Crippen LogP contribution in [0.25, 0.3) is 0 Å². The predicted octanol–water partition coefficient (Wildman–Crippen LogP) is 0.609. The molecule has 0 amide bonds. The zero-order valence-electron chi connectivity index (χ0n) is 16.9. The molecule has 0 heterocycles. The lowest BCUT2D eigenvalue weighted by atomic mass is 9.53. The van der Waals surface area contributed by atoms with Gasteiger partial charge in [0.1, 0.15) is 0 Å². The molecule has 1 fully saturated rings. The van der Waals surface area contributed by atoms with Crippen LogP contribution in [0.5, 0.6) is 0 Å². The van der Waals surface area contributed by atoms with Crippen molar-refractivity contribution in [2.45, 2.75) is 52.7 Å². The molecule has 0 aromatic rings. The van der Waals surface area contributed by atoms with Gasteiger partial charge in [0.2, 0.25) is 0 Å². The Balaban J connectivity index is 3.16. The smallest absolute Gasteiger partial charge is 0.323 e. The van der Waals surface area contributed by atoms with Gasteiger partial charge in [0.25, 0.3) is 20.2 Å². The Hall–Kier alpha value is -1.24. The van der Waals surface area contributed by atoms with Gasteiger partial charge in [-0.15, -0.1) is 0 Å². The summed E-state index contributed by atoms with van der Waals surface area (Å²) in [5, 5.41) is 0. The van der Waals surface area contributed by atoms with Crippen molar-refractivity contribution in [3.05, 3.63) is 0 Å². The van der Waals surface area contributed by atoms with E-state index < -0.39 is 68.4 Å². The van der Waals surface area contributed by atoms with Gasteiger partial charge in [-0.3, -0.25) is 18.0 Å². The summed E-state index contributed by atoms with van der Waals surface area (Å²) < 4.78 is 65.5. The summed E-state index contributed by atoms with van der Waals surface area (Å²) >= 11 is 0. The number of esters is 2. The Morgan fingerprint density at radius 1 is 0.786 bits per heavy atom. The summed E-state index contributed by atoms with van der Waals surface area (Å²) in [4.78, 5) is 25.3. The third-order valence-corrected chi connectivity index (χ3v) is 5.07. The minimum atomic E-state index is -3.84. The maximum Gasteiger partial charge on any atom is 0.323 e. The maximum absolute atomic E-state index is 12.6. The van der Waals surface area contributed by atoms with Crippen LogP contribution in [0.3, 0.4) is 0 Å². The first-order valence-corrected chi connectivity index (χ1v) is 12.2. The monoisotopic (exact) mass is 444 g/mol. The summed E-state index contributed by atoms with van der Waals surface area (Å²) in [6, 6.07) is 0. The van der Waals surface area contributed by atoms with Gasteiger partial charge in [0.05, 0.1) is 37.9 Å². The average Bonchev–Trinajstić information content (AvgIpc) is 2.41. The Kier molecular flexibility index (Phi) is 7.65. The third-order valence-electron chi connectivity index (χ3n) is 3.98. The van der Waals surface area contributed by atoms with Crippen molar-refractivity contribution in [1.82, 2.24) is 0 Å². The van der Waals surface area contributed by atoms with Crippen LogP contribution in [-0.2, 0) is 47.7 Å². The minimum Gasteiger partial charge on any atom is -0.462 e. The van der Waals surface area contributed by atoms with Crippen LogP contribution in [0.4, 0.5) is 0 Å². The summed E-state index contributed by atoms with van der Waals surface area (Å²) in [5.74, 6) is -1.63. The lowest BCUT2D eigenvalue weighted by molar-refractivity contribution is -0.200. The highest BCUT2D eigenvalue weighted by Gasteiger charge is 2.66. The van der Waals surface area contributed by atoms with Crippen molar-refractivity contribution >= 4 is 32.2 Å². The lowest BCUT2D eigenvalue weighted by Crippen LogP contribution is -2.61. The summed E-state index contributed by atoms with van der Waals surface area (Å²) in [7, 11) is -7.68. The fourth-order valence-electron chi connectivity index (χ4n) is 2.96. The number of carbonyl (C=O) groups is 2. The highest BCUT2D eigenvalue weighted by Crippen LogP contribution is 2.57. The van der Waals surface area contributed by atoms with E-state index in [9.17, 15) is 26.4 Å². The van der Waals surface area contributed by atoms with Crippen molar-refractivity contribution in [1.29, 1.82) is 0 Å². The Morgan fingerprint density at radius 2 is 1.11 bits per heavy atom. The largest absolute Gasteiger partial charge is 0.462 e. The van der Waals surface area contributed by atoms with Crippen LogP contribution in [0, 0.1) is 10.8 Å². The fraction of sp³-hybridized carbons (Fsp3) is 0.875. The van der Waals surface area contributed by atoms with Gasteiger partial charge in [-0.2, -0.15) is 16.8 Å². The Morgan fingerprint density at radius 3 is 1.36 bits per heavy atom. The summed E-state index contributed by atoms with van der Waals surface area (Å²) in [5.41, 5.74) is -2.88. The van der Waals surface area contributed by atoms with Gasteiger partial charge in [0, 0.05) is 5.41 Å². The number of rotatable bonds is 10. The average molecular weight is 445 g/mol. The second-order valence-corrected chi connectivity index (χ2v) is 11.1. The highest BCUT2D eigenvalue weighted by atomic mass is 32.2. The van der Waals surface area contributed by atoms with Gasteiger partial charge in [-0.05, 0) is 40.5 Å². The first-order chi connectivity index (χ1) is 12.5. The molecule has 12 heteroatoms. The molecule has 0 aromatic heterocycles. The number of carbonyl (C=O) groups excluding carboxylic acids is 2. The number of hydrogen-bond donors (Lipinski definition) is 0. The van der Waals surface area contributed by atoms with E-state index in [0.717, 1.165) is 12.5 Å². The molecule has 10 nitrogen and oxygen atoms in total. The van der Waals surface area contributed by atoms with Crippen LogP contribution in [0.1, 0.15) is 40.5 Å². The van der Waals surface area contributed by atoms with Crippen LogP contribution in [0.15, 0.2) is 0 Å². The van der Waals surface area contributed by atoms with Crippen LogP contribution >= 0.6 is 0 Å². The third kappa shape index (κ3) is 6.98. The molecule has 0 atom stereocenters. The molecule has 28 heavy (non-hydrogen) atoms. The molecular formula is C16H28O10S2. The summed E-state index contributed by atoms with van der Waals surface area (Å²) in [6.45, 7) is 5.56. The molecule has 0 bridgehead atoms. The molecule has 0 radical (unpaired) electrons. The van der Waals surface area contributed by atoms with Crippen LogP contribution in [0.2, 0.25) is 0 Å². The van der Waals surface area contributed by atoms with Crippen molar-refractivity contribution in [2.75, 3.05) is 25.7 Å². The van der Waals surface area contributed by atoms with Crippen molar-refractivity contribution in [3.63, 3.8) is 0 Å². The van der Waals surface area contributed by atoms with Gasteiger partial charge in [0.15, 0.2) is 5.41 Å². The molecule has 164 valence electrons. The standard InChI is InChI=1S/C16H28O10S2/c1-11(2)25-13(17)16(14(18)26-12(3)4)7-15(8-16,9-23-27(5,19)20)10-24-28(6,21)22/h11-12H,7-10H2,1-6H3. The molecule has 0 aliphatic heterocycles. The van der Waals surface area contributed by atoms with E-state index in [0.29, 0.717) is 0 Å². The second kappa shape index (κ2) is 8.64. The SMILES string of the molecule is CC(C)OC(=O)C1(C(=O)OC(C)C)CC(COS(C)(=O)=O)(COS(C)(=O)=O)C1. The Labute approximate surface area is 166 Å². The van der Waals surface area contributed by atoms with E-state index in [1.165, 1.54) is 0 Å². The van der Waals surface area contributed by atoms with Gasteiger partial charge >= 0.3 is 11.9 Å². The van der Waals surface area contributed by atoms with Crippen LogP contribution < -0.4 is 0 Å². The normalized spacial score (nSPS) is 18.6. The number of hydrogen-bond acceptors (Lipinski definition) is 10. The molecule has 0 N–H and O–H groups in total. The molecule has 0 saturated heterocycles. The zero-order valence-corrected chi connectivity index (χ0v) is 18.5. The zero-order chi connectivity index (χ0) is 22.0. The maximum atomic E-state index is 12.6.